The predicted molar refractivity (Wildman–Crippen MR) is 96.4 cm³/mol. The average molecular weight is 339 g/mol. The summed E-state index contributed by atoms with van der Waals surface area (Å²) in [6.45, 7) is 0. The third kappa shape index (κ3) is 2.80. The molecule has 0 bridgehead atoms. The quantitative estimate of drug-likeness (QED) is 0.745. The predicted octanol–water partition coefficient (Wildman–Crippen LogP) is 3.70. The van der Waals surface area contributed by atoms with Gasteiger partial charge in [-0.2, -0.15) is 5.10 Å². The maximum absolute atomic E-state index is 12.5. The zero-order chi connectivity index (χ0) is 16.5. The number of rotatable bonds is 5. The topological polar surface area (TPSA) is 67.0 Å². The van der Waals surface area contributed by atoms with Crippen LogP contribution >= 0.6 is 11.3 Å². The molecule has 0 atom stereocenters. The maximum atomic E-state index is 12.5. The van der Waals surface area contributed by atoms with Gasteiger partial charge in [0.15, 0.2) is 0 Å². The number of benzene rings is 1. The molecular formula is C18H17N3O2S. The van der Waals surface area contributed by atoms with Crippen LogP contribution in [0.25, 0.3) is 23.1 Å². The Bertz CT molecular complexity index is 908. The summed E-state index contributed by atoms with van der Waals surface area (Å²) in [5, 5.41) is 13.2. The number of methoxy groups -OCH3 is 1. The Morgan fingerprint density at radius 3 is 2.96 bits per heavy atom. The van der Waals surface area contributed by atoms with Crippen LogP contribution in [0.5, 0.6) is 5.75 Å². The first-order chi connectivity index (χ1) is 11.8. The van der Waals surface area contributed by atoms with Gasteiger partial charge >= 0.3 is 0 Å². The lowest BCUT2D eigenvalue weighted by Gasteiger charge is -2.10. The first-order valence-electron chi connectivity index (χ1n) is 7.84. The molecule has 2 N–H and O–H groups in total. The van der Waals surface area contributed by atoms with Crippen LogP contribution in [0, 0.1) is 0 Å². The van der Waals surface area contributed by atoms with E-state index in [-0.39, 0.29) is 5.91 Å². The monoisotopic (exact) mass is 339 g/mol. The van der Waals surface area contributed by atoms with E-state index in [4.69, 9.17) is 4.74 Å². The van der Waals surface area contributed by atoms with E-state index in [9.17, 15) is 4.79 Å². The third-order valence-electron chi connectivity index (χ3n) is 4.02. The summed E-state index contributed by atoms with van der Waals surface area (Å²) in [6, 6.07) is 7.98. The van der Waals surface area contributed by atoms with Gasteiger partial charge in [0.2, 0.25) is 0 Å². The lowest BCUT2D eigenvalue weighted by molar-refractivity contribution is 0.0948. The van der Waals surface area contributed by atoms with Crippen LogP contribution in [0.3, 0.4) is 0 Å². The van der Waals surface area contributed by atoms with Crippen LogP contribution in [0.1, 0.15) is 33.8 Å². The molecule has 24 heavy (non-hydrogen) atoms. The molecule has 2 aromatic heterocycles. The molecule has 1 saturated carbocycles. The molecule has 1 aromatic carbocycles. The number of hydrogen-bond donors (Lipinski definition) is 2. The van der Waals surface area contributed by atoms with Crippen LogP contribution < -0.4 is 10.1 Å². The van der Waals surface area contributed by atoms with Gasteiger partial charge in [0.1, 0.15) is 5.75 Å². The Morgan fingerprint density at radius 2 is 2.25 bits per heavy atom. The maximum Gasteiger partial charge on any atom is 0.255 e. The minimum absolute atomic E-state index is 0.0920. The van der Waals surface area contributed by atoms with Crippen LogP contribution in [0.15, 0.2) is 29.6 Å². The van der Waals surface area contributed by atoms with Gasteiger partial charge in [-0.3, -0.25) is 9.89 Å². The van der Waals surface area contributed by atoms with E-state index < -0.39 is 0 Å². The Labute approximate surface area is 143 Å². The molecule has 1 fully saturated rings. The number of nitrogens with one attached hydrogen (secondary N) is 2. The van der Waals surface area contributed by atoms with Crippen LogP contribution in [0.4, 0.5) is 0 Å². The van der Waals surface area contributed by atoms with E-state index in [1.165, 1.54) is 0 Å². The molecule has 0 saturated heterocycles. The van der Waals surface area contributed by atoms with Crippen molar-refractivity contribution in [3.05, 3.63) is 45.8 Å². The van der Waals surface area contributed by atoms with Crippen LogP contribution in [-0.4, -0.2) is 29.3 Å². The van der Waals surface area contributed by atoms with Gasteiger partial charge < -0.3 is 10.1 Å². The second-order valence-electron chi connectivity index (χ2n) is 5.77. The van der Waals surface area contributed by atoms with Crippen molar-refractivity contribution in [3.63, 3.8) is 0 Å². The van der Waals surface area contributed by atoms with E-state index in [0.29, 0.717) is 17.4 Å². The highest BCUT2D eigenvalue weighted by Crippen LogP contribution is 2.33. The molecule has 1 aliphatic rings. The zero-order valence-corrected chi connectivity index (χ0v) is 14.0. The highest BCUT2D eigenvalue weighted by molar-refractivity contribution is 7.10. The first kappa shape index (κ1) is 15.0. The number of H-pyrrole nitrogens is 1. The number of amides is 1. The molecule has 0 spiro atoms. The second-order valence-corrected chi connectivity index (χ2v) is 6.75. The summed E-state index contributed by atoms with van der Waals surface area (Å²) in [6.07, 6.45) is 6.09. The number of nitrogens with zero attached hydrogens (tertiary/aromatic N) is 1. The Balaban J connectivity index is 1.76. The molecular weight excluding hydrogens is 322 g/mol. The number of ether oxygens (including phenoxy) is 1. The number of aromatic nitrogens is 2. The molecule has 0 unspecified atom stereocenters. The minimum atomic E-state index is -0.0920. The van der Waals surface area contributed by atoms with E-state index >= 15 is 0 Å². The summed E-state index contributed by atoms with van der Waals surface area (Å²) in [5.74, 6) is 0.468. The molecule has 1 aliphatic carbocycles. The van der Waals surface area contributed by atoms with Crippen LogP contribution in [-0.2, 0) is 0 Å². The van der Waals surface area contributed by atoms with Crippen molar-refractivity contribution in [2.24, 2.45) is 0 Å². The number of thiophene rings is 1. The van der Waals surface area contributed by atoms with Crippen molar-refractivity contribution in [1.29, 1.82) is 0 Å². The highest BCUT2D eigenvalue weighted by Gasteiger charge is 2.26. The van der Waals surface area contributed by atoms with Gasteiger partial charge in [-0.15, -0.1) is 11.3 Å². The smallest absolute Gasteiger partial charge is 0.255 e. The molecule has 2 heterocycles. The fourth-order valence-corrected chi connectivity index (χ4v) is 3.27. The molecule has 6 heteroatoms. The van der Waals surface area contributed by atoms with Crippen molar-refractivity contribution in [1.82, 2.24) is 15.5 Å². The van der Waals surface area contributed by atoms with E-state index in [2.05, 4.69) is 15.5 Å². The van der Waals surface area contributed by atoms with Gasteiger partial charge in [0, 0.05) is 10.9 Å². The highest BCUT2D eigenvalue weighted by atomic mass is 32.1. The molecule has 122 valence electrons. The Kier molecular flexibility index (Phi) is 3.82. The molecule has 3 aromatic rings. The van der Waals surface area contributed by atoms with Gasteiger partial charge in [0.05, 0.1) is 29.3 Å². The molecule has 4 rings (SSSR count). The fourth-order valence-electron chi connectivity index (χ4n) is 2.66. The first-order valence-corrected chi connectivity index (χ1v) is 8.72. The minimum Gasteiger partial charge on any atom is -0.495 e. The van der Waals surface area contributed by atoms with E-state index in [0.717, 1.165) is 34.3 Å². The second kappa shape index (κ2) is 6.13. The summed E-state index contributed by atoms with van der Waals surface area (Å²) in [5.41, 5.74) is 2.15. The zero-order valence-electron chi connectivity index (χ0n) is 13.2. The summed E-state index contributed by atoms with van der Waals surface area (Å²) in [4.78, 5) is 13.6. The average Bonchev–Trinajstić information content (AvgIpc) is 3.10. The standard InChI is InChI=1S/C18H17N3O2S/c1-23-17-13(18(22)19-11-4-5-11)7-9-15-16(17)14(20-21-15)8-6-12-3-2-10-24-12/h2-3,6-11H,4-5H2,1H3,(H,19,22)(H,20,21)/b8-6+. The van der Waals surface area contributed by atoms with Crippen molar-refractivity contribution in [2.45, 2.75) is 18.9 Å². The SMILES string of the molecule is COc1c(C(=O)NC2CC2)ccc2n[nH]c(/C=C/c3cccs3)c12. The number of carbonyl (C=O) groups is 1. The number of hydrogen-bond acceptors (Lipinski definition) is 4. The van der Waals surface area contributed by atoms with Crippen molar-refractivity contribution < 1.29 is 9.53 Å². The Hall–Kier alpha value is -2.60. The molecule has 0 radical (unpaired) electrons. The van der Waals surface area contributed by atoms with Crippen LogP contribution in [0.2, 0.25) is 0 Å². The number of fused-ring (bicyclic) bond motifs is 1. The molecule has 5 nitrogen and oxygen atoms in total. The van der Waals surface area contributed by atoms with Crippen molar-refractivity contribution >= 4 is 40.3 Å². The van der Waals surface area contributed by atoms with Gasteiger partial charge in [-0.1, -0.05) is 6.07 Å². The lowest BCUT2D eigenvalue weighted by Crippen LogP contribution is -2.25. The van der Waals surface area contributed by atoms with Gasteiger partial charge in [-0.25, -0.2) is 0 Å². The number of aromatic amines is 1. The summed E-state index contributed by atoms with van der Waals surface area (Å²) < 4.78 is 5.57. The fraction of sp³-hybridized carbons (Fsp3) is 0.222. The third-order valence-corrected chi connectivity index (χ3v) is 4.86. The summed E-state index contributed by atoms with van der Waals surface area (Å²) >= 11 is 1.67. The largest absolute Gasteiger partial charge is 0.495 e. The van der Waals surface area contributed by atoms with Crippen molar-refractivity contribution in [3.8, 4) is 5.75 Å². The van der Waals surface area contributed by atoms with Gasteiger partial charge in [-0.05, 0) is 48.6 Å². The summed E-state index contributed by atoms with van der Waals surface area (Å²) in [7, 11) is 1.59. The van der Waals surface area contributed by atoms with Crippen molar-refractivity contribution in [2.75, 3.05) is 7.11 Å². The number of carbonyl (C=O) groups excluding carboxylic acids is 1. The van der Waals surface area contributed by atoms with E-state index in [1.54, 1.807) is 24.5 Å². The van der Waals surface area contributed by atoms with E-state index in [1.807, 2.05) is 35.7 Å². The molecule has 0 aliphatic heterocycles. The van der Waals surface area contributed by atoms with Gasteiger partial charge in [0.25, 0.3) is 5.91 Å². The normalized spacial score (nSPS) is 14.4. The molecule has 1 amide bonds. The Morgan fingerprint density at radius 1 is 1.38 bits per heavy atom. The lowest BCUT2D eigenvalue weighted by atomic mass is 10.1.